The van der Waals surface area contributed by atoms with Gasteiger partial charge in [0.2, 0.25) is 0 Å². The Bertz CT molecular complexity index is 1030. The topological polar surface area (TPSA) is 86.0 Å². The van der Waals surface area contributed by atoms with Gasteiger partial charge in [-0.3, -0.25) is 4.90 Å². The molecule has 34 heavy (non-hydrogen) atoms. The van der Waals surface area contributed by atoms with Crippen LogP contribution in [0.1, 0.15) is 47.0 Å². The number of aliphatic hydroxyl groups is 1. The van der Waals surface area contributed by atoms with Crippen molar-refractivity contribution in [1.82, 2.24) is 9.80 Å². The Morgan fingerprint density at radius 3 is 2.65 bits per heavy atom. The van der Waals surface area contributed by atoms with E-state index in [1.807, 2.05) is 37.3 Å². The molecule has 0 aromatic heterocycles. The third kappa shape index (κ3) is 4.32. The fourth-order valence-corrected chi connectivity index (χ4v) is 5.76. The molecule has 1 N–H and O–H groups in total. The van der Waals surface area contributed by atoms with Crippen molar-refractivity contribution >= 4 is 5.97 Å². The predicted octanol–water partition coefficient (Wildman–Crippen LogP) is 2.99. The van der Waals surface area contributed by atoms with Crippen molar-refractivity contribution in [2.75, 3.05) is 46.4 Å². The molecule has 4 rings (SSSR count). The zero-order chi connectivity index (χ0) is 24.5. The lowest BCUT2D eigenvalue weighted by Crippen LogP contribution is -2.58. The number of ether oxygens (including phenoxy) is 2. The summed E-state index contributed by atoms with van der Waals surface area (Å²) in [7, 11) is 1.69. The molecule has 2 heterocycles. The first kappa shape index (κ1) is 24.6. The smallest absolute Gasteiger partial charge is 0.338 e. The molecule has 1 aromatic rings. The Hall–Kier alpha value is -2.50. The maximum Gasteiger partial charge on any atom is 0.338 e. The van der Waals surface area contributed by atoms with Gasteiger partial charge in [-0.05, 0) is 24.1 Å². The number of methoxy groups -OCH3 is 1. The molecule has 0 spiro atoms. The van der Waals surface area contributed by atoms with E-state index in [-0.39, 0.29) is 23.9 Å². The van der Waals surface area contributed by atoms with Crippen molar-refractivity contribution in [3.05, 3.63) is 58.7 Å². The second kappa shape index (κ2) is 9.63. The zero-order valence-electron chi connectivity index (χ0n) is 20.6. The Balaban J connectivity index is 1.36. The minimum absolute atomic E-state index is 0.272. The van der Waals surface area contributed by atoms with E-state index in [0.29, 0.717) is 12.1 Å². The summed E-state index contributed by atoms with van der Waals surface area (Å²) >= 11 is 0. The van der Waals surface area contributed by atoms with Gasteiger partial charge in [0.15, 0.2) is 0 Å². The molecule has 3 atom stereocenters. The molecule has 0 saturated carbocycles. The van der Waals surface area contributed by atoms with Crippen LogP contribution in [0.25, 0.3) is 0 Å². The number of fused-ring (bicyclic) bond motifs is 1. The Kier molecular flexibility index (Phi) is 6.97. The van der Waals surface area contributed by atoms with Crippen molar-refractivity contribution in [2.45, 2.75) is 39.1 Å². The molecular weight excluding hydrogens is 430 g/mol. The lowest BCUT2D eigenvalue weighted by atomic mass is 9.66. The summed E-state index contributed by atoms with van der Waals surface area (Å²) in [6.07, 6.45) is 7.23. The summed E-state index contributed by atoms with van der Waals surface area (Å²) in [6.45, 7) is 11.4. The van der Waals surface area contributed by atoms with Crippen LogP contribution < -0.4 is 0 Å². The fourth-order valence-electron chi connectivity index (χ4n) is 5.76. The highest BCUT2D eigenvalue weighted by atomic mass is 16.5. The molecule has 0 radical (unpaired) electrons. The molecule has 7 heteroatoms. The van der Waals surface area contributed by atoms with E-state index in [2.05, 4.69) is 29.7 Å². The monoisotopic (exact) mass is 465 g/mol. The van der Waals surface area contributed by atoms with E-state index in [9.17, 15) is 15.2 Å². The third-order valence-electron chi connectivity index (χ3n) is 7.84. The standard InChI is InChI=1S/C27H35N3O4/c1-19-21(8-9-22-23(19)17-34-25(22)32)24(31)16-29-11-13-30(14-12-29)18-26(2,3)27(33-4)10-6-5-7-20(27)15-28/h5-10,20,24,31H,11-14,16-18H2,1-4H3. The Labute approximate surface area is 202 Å². The van der Waals surface area contributed by atoms with Crippen molar-refractivity contribution < 1.29 is 19.4 Å². The van der Waals surface area contributed by atoms with Crippen LogP contribution in [-0.4, -0.2) is 72.9 Å². The fraction of sp³-hybridized carbons (Fsp3) is 0.556. The molecular formula is C27H35N3O4. The van der Waals surface area contributed by atoms with Crippen molar-refractivity contribution in [2.24, 2.45) is 11.3 Å². The molecule has 0 bridgehead atoms. The summed E-state index contributed by atoms with van der Waals surface area (Å²) < 4.78 is 11.1. The number of rotatable bonds is 7. The van der Waals surface area contributed by atoms with E-state index in [1.54, 1.807) is 13.2 Å². The highest BCUT2D eigenvalue weighted by molar-refractivity contribution is 5.93. The Morgan fingerprint density at radius 2 is 1.97 bits per heavy atom. The minimum Gasteiger partial charge on any atom is -0.457 e. The first-order valence-electron chi connectivity index (χ1n) is 12.0. The summed E-state index contributed by atoms with van der Waals surface area (Å²) in [5.41, 5.74) is 2.38. The van der Waals surface area contributed by atoms with Crippen LogP contribution in [0.2, 0.25) is 0 Å². The summed E-state index contributed by atoms with van der Waals surface area (Å²) in [5.74, 6) is -0.612. The highest BCUT2D eigenvalue weighted by Crippen LogP contribution is 2.44. The van der Waals surface area contributed by atoms with E-state index in [4.69, 9.17) is 9.47 Å². The number of β-amino-alcohol motifs (C(OH)–C–C–N with tert-alkyl or cyclic N) is 1. The molecule has 7 nitrogen and oxygen atoms in total. The number of piperazine rings is 1. The number of nitriles is 1. The van der Waals surface area contributed by atoms with Gasteiger partial charge in [0.05, 0.1) is 23.7 Å². The molecule has 182 valence electrons. The van der Waals surface area contributed by atoms with Gasteiger partial charge in [-0.25, -0.2) is 4.79 Å². The van der Waals surface area contributed by atoms with Gasteiger partial charge in [-0.2, -0.15) is 5.26 Å². The Morgan fingerprint density at radius 1 is 1.26 bits per heavy atom. The SMILES string of the molecule is COC1(C(C)(C)CN2CCN(CC(O)c3ccc4c(c3C)COC4=O)CC2)C=CC=CC1C#N. The van der Waals surface area contributed by atoms with Gasteiger partial charge in [-0.15, -0.1) is 0 Å². The number of benzene rings is 1. The minimum atomic E-state index is -0.667. The van der Waals surface area contributed by atoms with Crippen molar-refractivity contribution in [3.63, 3.8) is 0 Å². The first-order valence-corrected chi connectivity index (χ1v) is 12.0. The number of aliphatic hydroxyl groups excluding tert-OH is 1. The summed E-state index contributed by atoms with van der Waals surface area (Å²) in [4.78, 5) is 16.5. The van der Waals surface area contributed by atoms with E-state index in [0.717, 1.165) is 49.4 Å². The van der Waals surface area contributed by atoms with E-state index < -0.39 is 11.7 Å². The molecule has 1 saturated heterocycles. The van der Waals surface area contributed by atoms with Crippen LogP contribution in [0.3, 0.4) is 0 Å². The number of hydrogen-bond acceptors (Lipinski definition) is 7. The third-order valence-corrected chi connectivity index (χ3v) is 7.84. The van der Waals surface area contributed by atoms with Gasteiger partial charge >= 0.3 is 5.97 Å². The van der Waals surface area contributed by atoms with Crippen LogP contribution in [0, 0.1) is 29.6 Å². The van der Waals surface area contributed by atoms with Gasteiger partial charge in [-0.1, -0.05) is 44.2 Å². The second-order valence-corrected chi connectivity index (χ2v) is 10.2. The number of hydrogen-bond donors (Lipinski definition) is 1. The first-order chi connectivity index (χ1) is 16.2. The lowest BCUT2D eigenvalue weighted by Gasteiger charge is -2.49. The van der Waals surface area contributed by atoms with Crippen molar-refractivity contribution in [3.8, 4) is 6.07 Å². The molecule has 1 aliphatic carbocycles. The molecule has 2 aliphatic heterocycles. The highest BCUT2D eigenvalue weighted by Gasteiger charge is 2.50. The number of allylic oxidation sites excluding steroid dienone is 2. The van der Waals surface area contributed by atoms with Gasteiger partial charge in [0.25, 0.3) is 0 Å². The van der Waals surface area contributed by atoms with Crippen LogP contribution in [0.15, 0.2) is 36.4 Å². The summed E-state index contributed by atoms with van der Waals surface area (Å²) in [6, 6.07) is 6.03. The maximum atomic E-state index is 11.8. The maximum absolute atomic E-state index is 11.8. The molecule has 1 aromatic carbocycles. The lowest BCUT2D eigenvalue weighted by molar-refractivity contribution is -0.0935. The van der Waals surface area contributed by atoms with Gasteiger partial charge in [0, 0.05) is 57.4 Å². The number of esters is 1. The average Bonchev–Trinajstić information content (AvgIpc) is 3.21. The number of carbonyl (C=O) groups excluding carboxylic acids is 1. The number of nitrogens with zero attached hydrogens (tertiary/aromatic N) is 3. The van der Waals surface area contributed by atoms with Crippen LogP contribution in [-0.2, 0) is 16.1 Å². The second-order valence-electron chi connectivity index (χ2n) is 10.2. The average molecular weight is 466 g/mol. The van der Waals surface area contributed by atoms with Crippen molar-refractivity contribution in [1.29, 1.82) is 5.26 Å². The van der Waals surface area contributed by atoms with Crippen LogP contribution in [0.5, 0.6) is 0 Å². The quantitative estimate of drug-likeness (QED) is 0.620. The largest absolute Gasteiger partial charge is 0.457 e. The summed E-state index contributed by atoms with van der Waals surface area (Å²) in [5, 5.41) is 20.7. The van der Waals surface area contributed by atoms with E-state index >= 15 is 0 Å². The molecule has 3 unspecified atom stereocenters. The normalized spacial score (nSPS) is 26.2. The molecule has 3 aliphatic rings. The van der Waals surface area contributed by atoms with Crippen LogP contribution in [0.4, 0.5) is 0 Å². The van der Waals surface area contributed by atoms with E-state index in [1.165, 1.54) is 0 Å². The molecule has 0 amide bonds. The predicted molar refractivity (Wildman–Crippen MR) is 129 cm³/mol. The van der Waals surface area contributed by atoms with Crippen LogP contribution >= 0.6 is 0 Å². The number of cyclic esters (lactones) is 1. The van der Waals surface area contributed by atoms with Gasteiger partial charge in [0.1, 0.15) is 12.2 Å². The molecule has 1 fully saturated rings. The van der Waals surface area contributed by atoms with Gasteiger partial charge < -0.3 is 19.5 Å². The zero-order valence-corrected chi connectivity index (χ0v) is 20.6. The number of carbonyl (C=O) groups is 1.